The lowest BCUT2D eigenvalue weighted by Crippen LogP contribution is -2.65. The Balaban J connectivity index is 1.88. The van der Waals surface area contributed by atoms with Gasteiger partial charge in [0.15, 0.2) is 12.6 Å². The van der Waals surface area contributed by atoms with Crippen molar-refractivity contribution < 1.29 is 64.6 Å². The minimum absolute atomic E-state index is 0.228. The first-order chi connectivity index (χ1) is 28.6. The molecule has 2 heterocycles. The van der Waals surface area contributed by atoms with Crippen LogP contribution in [0.5, 0.6) is 0 Å². The van der Waals surface area contributed by atoms with Crippen LogP contribution in [0, 0.1) is 0 Å². The minimum Gasteiger partial charge on any atom is -0.394 e. The number of hydrogen-bond acceptors (Lipinski definition) is 13. The average Bonchev–Trinajstić information content (AvgIpc) is 3.23. The molecule has 59 heavy (non-hydrogen) atoms. The van der Waals surface area contributed by atoms with Crippen LogP contribution in [0.4, 0.5) is 0 Å². The molecular weight excluding hydrogens is 762 g/mol. The van der Waals surface area contributed by atoms with Gasteiger partial charge in [-0.25, -0.2) is 0 Å². The topological polar surface area (TPSA) is 228 Å². The molecule has 0 aliphatic carbocycles. The molecule has 2 fully saturated rings. The number of hydrogen-bond donors (Lipinski definition) is 9. The third kappa shape index (κ3) is 21.2. The average molecular weight is 844 g/mol. The molecule has 12 atom stereocenters. The lowest BCUT2D eigenvalue weighted by Gasteiger charge is -2.46. The van der Waals surface area contributed by atoms with Gasteiger partial charge in [-0.1, -0.05) is 134 Å². The summed E-state index contributed by atoms with van der Waals surface area (Å²) >= 11 is 0. The Morgan fingerprint density at radius 3 is 1.80 bits per heavy atom. The molecule has 344 valence electrons. The molecule has 2 aliphatic heterocycles. The van der Waals surface area contributed by atoms with Crippen molar-refractivity contribution in [1.82, 2.24) is 5.32 Å². The van der Waals surface area contributed by atoms with Gasteiger partial charge in [-0.15, -0.1) is 0 Å². The summed E-state index contributed by atoms with van der Waals surface area (Å²) in [6.45, 7) is 2.67. The van der Waals surface area contributed by atoms with E-state index in [0.717, 1.165) is 77.0 Å². The van der Waals surface area contributed by atoms with Gasteiger partial charge < -0.3 is 65.1 Å². The van der Waals surface area contributed by atoms with Gasteiger partial charge in [0.1, 0.15) is 48.8 Å². The van der Waals surface area contributed by atoms with Crippen molar-refractivity contribution >= 4 is 5.91 Å². The van der Waals surface area contributed by atoms with Crippen LogP contribution in [0.2, 0.25) is 0 Å². The molecule has 1 amide bonds. The predicted octanol–water partition coefficient (Wildman–Crippen LogP) is 4.37. The number of carbonyl (C=O) groups excluding carboxylic acids is 1. The van der Waals surface area contributed by atoms with Crippen molar-refractivity contribution in [2.24, 2.45) is 0 Å². The SMILES string of the molecule is CC/C=C\C/C=C\C/C=C\CCCCCCCC(=O)NC(COC1OC(CO)C(OC2OC(CO)C(O)C(O)C2O)C(O)C1O)C(O)CCCCCCCCCCCC. The maximum absolute atomic E-state index is 13.1. The van der Waals surface area contributed by atoms with E-state index in [1.165, 1.54) is 38.5 Å². The van der Waals surface area contributed by atoms with E-state index in [0.29, 0.717) is 12.8 Å². The number of carbonyl (C=O) groups is 1. The highest BCUT2D eigenvalue weighted by Gasteiger charge is 2.51. The second-order valence-corrected chi connectivity index (χ2v) is 16.2. The quantitative estimate of drug-likeness (QED) is 0.0331. The van der Waals surface area contributed by atoms with Crippen LogP contribution in [0.15, 0.2) is 36.5 Å². The molecule has 12 unspecified atom stereocenters. The molecule has 2 aliphatic rings. The Morgan fingerprint density at radius 2 is 1.17 bits per heavy atom. The Hall–Kier alpha value is -1.79. The standard InChI is InChI=1S/C45H81NO13/c1-3-5-7-9-11-13-15-16-17-18-19-21-23-25-27-29-37(50)46-33(34(49)28-26-24-22-20-14-12-10-8-6-4-2)32-56-44-42(55)40(53)43(36(31-48)58-44)59-45-41(54)39(52)38(51)35(30-47)57-45/h5,7,11,13,16-17,33-36,38-45,47-49,51-55H,3-4,6,8-10,12,14-15,18-32H2,1-2H3,(H,46,50)/b7-5-,13-11-,17-16-. The number of aliphatic hydroxyl groups is 8. The molecule has 0 saturated carbocycles. The highest BCUT2D eigenvalue weighted by atomic mass is 16.7. The molecule has 0 bridgehead atoms. The summed E-state index contributed by atoms with van der Waals surface area (Å²) in [5.74, 6) is -0.228. The molecule has 0 radical (unpaired) electrons. The summed E-state index contributed by atoms with van der Waals surface area (Å²) in [6, 6.07) is -0.834. The number of ether oxygens (including phenoxy) is 4. The van der Waals surface area contributed by atoms with Gasteiger partial charge in [-0.05, 0) is 44.9 Å². The Kier molecular flexibility index (Phi) is 29.7. The summed E-state index contributed by atoms with van der Waals surface area (Å²) in [7, 11) is 0. The summed E-state index contributed by atoms with van der Waals surface area (Å²) in [5.41, 5.74) is 0. The highest BCUT2D eigenvalue weighted by molar-refractivity contribution is 5.76. The number of rotatable bonds is 33. The summed E-state index contributed by atoms with van der Waals surface area (Å²) in [6.07, 6.45) is 17.3. The molecule has 14 nitrogen and oxygen atoms in total. The largest absolute Gasteiger partial charge is 0.394 e. The van der Waals surface area contributed by atoms with Crippen LogP contribution < -0.4 is 5.32 Å². The summed E-state index contributed by atoms with van der Waals surface area (Å²) in [5, 5.41) is 86.5. The fourth-order valence-corrected chi connectivity index (χ4v) is 7.37. The zero-order valence-electron chi connectivity index (χ0n) is 36.0. The van der Waals surface area contributed by atoms with Crippen LogP contribution in [-0.4, -0.2) is 140 Å². The number of aliphatic hydroxyl groups excluding tert-OH is 8. The molecular formula is C45H81NO13. The van der Waals surface area contributed by atoms with Crippen molar-refractivity contribution in [1.29, 1.82) is 0 Å². The molecule has 2 rings (SSSR count). The van der Waals surface area contributed by atoms with Gasteiger partial charge >= 0.3 is 0 Å². The predicted molar refractivity (Wildman–Crippen MR) is 226 cm³/mol. The van der Waals surface area contributed by atoms with Crippen LogP contribution in [0.25, 0.3) is 0 Å². The van der Waals surface area contributed by atoms with E-state index < -0.39 is 86.8 Å². The van der Waals surface area contributed by atoms with E-state index in [4.69, 9.17) is 18.9 Å². The molecule has 0 spiro atoms. The summed E-state index contributed by atoms with van der Waals surface area (Å²) < 4.78 is 22.6. The Bertz CT molecular complexity index is 1140. The molecule has 0 aromatic heterocycles. The number of allylic oxidation sites excluding steroid dienone is 6. The normalized spacial score (nSPS) is 28.8. The van der Waals surface area contributed by atoms with Crippen molar-refractivity contribution in [3.63, 3.8) is 0 Å². The van der Waals surface area contributed by atoms with E-state index >= 15 is 0 Å². The van der Waals surface area contributed by atoms with Crippen LogP contribution >= 0.6 is 0 Å². The van der Waals surface area contributed by atoms with Gasteiger partial charge in [0.25, 0.3) is 0 Å². The monoisotopic (exact) mass is 844 g/mol. The third-order valence-corrected chi connectivity index (χ3v) is 11.1. The zero-order valence-corrected chi connectivity index (χ0v) is 36.0. The number of unbranched alkanes of at least 4 members (excludes halogenated alkanes) is 14. The fraction of sp³-hybridized carbons (Fsp3) is 0.844. The van der Waals surface area contributed by atoms with E-state index in [1.807, 2.05) is 0 Å². The number of nitrogens with one attached hydrogen (secondary N) is 1. The van der Waals surface area contributed by atoms with E-state index in [9.17, 15) is 45.6 Å². The maximum atomic E-state index is 13.1. The lowest BCUT2D eigenvalue weighted by atomic mass is 9.97. The van der Waals surface area contributed by atoms with E-state index in [-0.39, 0.29) is 18.9 Å². The van der Waals surface area contributed by atoms with Gasteiger partial charge in [-0.2, -0.15) is 0 Å². The Labute approximate surface area is 353 Å². The number of amides is 1. The van der Waals surface area contributed by atoms with Crippen LogP contribution in [-0.2, 0) is 23.7 Å². The van der Waals surface area contributed by atoms with Gasteiger partial charge in [0, 0.05) is 6.42 Å². The lowest BCUT2D eigenvalue weighted by molar-refractivity contribution is -0.359. The van der Waals surface area contributed by atoms with Gasteiger partial charge in [0.2, 0.25) is 5.91 Å². The highest BCUT2D eigenvalue weighted by Crippen LogP contribution is 2.30. The Morgan fingerprint density at radius 1 is 0.627 bits per heavy atom. The van der Waals surface area contributed by atoms with Crippen molar-refractivity contribution in [2.75, 3.05) is 19.8 Å². The third-order valence-electron chi connectivity index (χ3n) is 11.1. The van der Waals surface area contributed by atoms with Crippen molar-refractivity contribution in [2.45, 2.75) is 222 Å². The van der Waals surface area contributed by atoms with E-state index in [2.05, 4.69) is 55.6 Å². The molecule has 9 N–H and O–H groups in total. The first-order valence-electron chi connectivity index (χ1n) is 22.7. The van der Waals surface area contributed by atoms with Crippen molar-refractivity contribution in [3.8, 4) is 0 Å². The summed E-state index contributed by atoms with van der Waals surface area (Å²) in [4.78, 5) is 13.1. The smallest absolute Gasteiger partial charge is 0.220 e. The minimum atomic E-state index is -1.78. The second-order valence-electron chi connectivity index (χ2n) is 16.2. The maximum Gasteiger partial charge on any atom is 0.220 e. The molecule has 0 aromatic rings. The molecule has 0 aromatic carbocycles. The van der Waals surface area contributed by atoms with Crippen molar-refractivity contribution in [3.05, 3.63) is 36.5 Å². The molecule has 14 heteroatoms. The fourth-order valence-electron chi connectivity index (χ4n) is 7.37. The van der Waals surface area contributed by atoms with Gasteiger partial charge in [-0.3, -0.25) is 4.79 Å². The van der Waals surface area contributed by atoms with Gasteiger partial charge in [0.05, 0.1) is 32.0 Å². The van der Waals surface area contributed by atoms with E-state index in [1.54, 1.807) is 0 Å². The second kappa shape index (κ2) is 32.9. The van der Waals surface area contributed by atoms with Crippen LogP contribution in [0.1, 0.15) is 149 Å². The van der Waals surface area contributed by atoms with Crippen LogP contribution in [0.3, 0.4) is 0 Å². The zero-order chi connectivity index (χ0) is 43.3. The first kappa shape index (κ1) is 53.3. The first-order valence-corrected chi connectivity index (χ1v) is 22.7. The molecule has 2 saturated heterocycles.